The van der Waals surface area contributed by atoms with Crippen molar-refractivity contribution >= 4 is 23.0 Å². The predicted molar refractivity (Wildman–Crippen MR) is 78.0 cm³/mol. The molecule has 0 atom stereocenters. The van der Waals surface area contributed by atoms with E-state index in [1.54, 1.807) is 6.07 Å². The Kier molecular flexibility index (Phi) is 2.88. The molecule has 4 nitrogen and oxygen atoms in total. The van der Waals surface area contributed by atoms with Crippen LogP contribution in [0.5, 0.6) is 0 Å². The number of nitriles is 1. The standard InChI is InChI=1S/C16H13N3O/c1-11-5-4-6-12(9-17)16(11)19-10-15(20)18-13-7-2-3-8-14(13)19/h2-8H,10H2,1H3,(H,18,20). The van der Waals surface area contributed by atoms with Crippen LogP contribution in [-0.4, -0.2) is 12.5 Å². The highest BCUT2D eigenvalue weighted by atomic mass is 16.2. The predicted octanol–water partition coefficient (Wildman–Crippen LogP) is 2.96. The van der Waals surface area contributed by atoms with Gasteiger partial charge in [0, 0.05) is 0 Å². The summed E-state index contributed by atoms with van der Waals surface area (Å²) < 4.78 is 0. The molecule has 3 rings (SSSR count). The van der Waals surface area contributed by atoms with Gasteiger partial charge >= 0.3 is 0 Å². The average molecular weight is 263 g/mol. The molecule has 0 bridgehead atoms. The molecule has 0 saturated carbocycles. The number of hydrogen-bond donors (Lipinski definition) is 1. The van der Waals surface area contributed by atoms with E-state index < -0.39 is 0 Å². The molecule has 0 unspecified atom stereocenters. The van der Waals surface area contributed by atoms with Gasteiger partial charge in [-0.2, -0.15) is 5.26 Å². The summed E-state index contributed by atoms with van der Waals surface area (Å²) in [5.74, 6) is -0.0733. The van der Waals surface area contributed by atoms with Gasteiger partial charge in [0.2, 0.25) is 5.91 Å². The molecule has 0 spiro atoms. The lowest BCUT2D eigenvalue weighted by atomic mass is 10.0. The van der Waals surface area contributed by atoms with Crippen LogP contribution in [0.15, 0.2) is 42.5 Å². The summed E-state index contributed by atoms with van der Waals surface area (Å²) in [7, 11) is 0. The number of carbonyl (C=O) groups excluding carboxylic acids is 1. The smallest absolute Gasteiger partial charge is 0.244 e. The molecular formula is C16H13N3O. The van der Waals surface area contributed by atoms with E-state index >= 15 is 0 Å². The van der Waals surface area contributed by atoms with Crippen LogP contribution in [0.25, 0.3) is 0 Å². The quantitative estimate of drug-likeness (QED) is 0.860. The largest absolute Gasteiger partial charge is 0.329 e. The van der Waals surface area contributed by atoms with E-state index in [0.29, 0.717) is 5.56 Å². The molecule has 2 aromatic rings. The average Bonchev–Trinajstić information content (AvgIpc) is 2.46. The number of anilines is 3. The number of nitrogens with zero attached hydrogens (tertiary/aromatic N) is 2. The summed E-state index contributed by atoms with van der Waals surface area (Å²) in [5, 5.41) is 12.2. The van der Waals surface area contributed by atoms with Crippen LogP contribution in [0.4, 0.5) is 17.1 Å². The van der Waals surface area contributed by atoms with Crippen LogP contribution in [0.2, 0.25) is 0 Å². The molecular weight excluding hydrogens is 250 g/mol. The van der Waals surface area contributed by atoms with Crippen molar-refractivity contribution in [3.8, 4) is 6.07 Å². The SMILES string of the molecule is Cc1cccc(C#N)c1N1CC(=O)Nc2ccccc21. The van der Waals surface area contributed by atoms with Gasteiger partial charge in [-0.25, -0.2) is 0 Å². The van der Waals surface area contributed by atoms with Gasteiger partial charge in [0.25, 0.3) is 0 Å². The third-order valence-corrected chi connectivity index (χ3v) is 3.40. The highest BCUT2D eigenvalue weighted by Crippen LogP contribution is 2.37. The van der Waals surface area contributed by atoms with Gasteiger partial charge in [0.15, 0.2) is 0 Å². The first-order valence-electron chi connectivity index (χ1n) is 6.37. The van der Waals surface area contributed by atoms with Crippen molar-refractivity contribution in [3.05, 3.63) is 53.6 Å². The van der Waals surface area contributed by atoms with Crippen LogP contribution in [0, 0.1) is 18.3 Å². The summed E-state index contributed by atoms with van der Waals surface area (Å²) in [5.41, 5.74) is 4.05. The Balaban J connectivity index is 2.21. The summed E-state index contributed by atoms with van der Waals surface area (Å²) in [6.07, 6.45) is 0. The second-order valence-corrected chi connectivity index (χ2v) is 4.73. The van der Waals surface area contributed by atoms with Crippen molar-refractivity contribution in [2.45, 2.75) is 6.92 Å². The van der Waals surface area contributed by atoms with Gasteiger partial charge in [-0.1, -0.05) is 24.3 Å². The lowest BCUT2D eigenvalue weighted by Crippen LogP contribution is -2.35. The number of nitrogens with one attached hydrogen (secondary N) is 1. The van der Waals surface area contributed by atoms with E-state index in [-0.39, 0.29) is 12.5 Å². The summed E-state index contributed by atoms with van der Waals surface area (Å²) in [6, 6.07) is 15.4. The fourth-order valence-corrected chi connectivity index (χ4v) is 2.54. The Labute approximate surface area is 117 Å². The van der Waals surface area contributed by atoms with E-state index in [9.17, 15) is 10.1 Å². The maximum absolute atomic E-state index is 11.9. The third kappa shape index (κ3) is 1.90. The number of hydrogen-bond acceptors (Lipinski definition) is 3. The first-order valence-corrected chi connectivity index (χ1v) is 6.37. The van der Waals surface area contributed by atoms with Crippen LogP contribution in [-0.2, 0) is 4.79 Å². The van der Waals surface area contributed by atoms with Crippen LogP contribution in [0.3, 0.4) is 0 Å². The van der Waals surface area contributed by atoms with Crippen LogP contribution < -0.4 is 10.2 Å². The molecule has 0 radical (unpaired) electrons. The molecule has 0 aliphatic carbocycles. The number of benzene rings is 2. The number of para-hydroxylation sites is 3. The molecule has 1 aliphatic rings. The maximum atomic E-state index is 11.9. The number of aryl methyl sites for hydroxylation is 1. The Hall–Kier alpha value is -2.80. The van der Waals surface area contributed by atoms with Gasteiger partial charge in [0.05, 0.1) is 22.6 Å². The van der Waals surface area contributed by atoms with Gasteiger partial charge in [-0.3, -0.25) is 4.79 Å². The van der Waals surface area contributed by atoms with E-state index in [1.807, 2.05) is 48.2 Å². The number of amides is 1. The summed E-state index contributed by atoms with van der Waals surface area (Å²) in [4.78, 5) is 13.8. The van der Waals surface area contributed by atoms with Crippen molar-refractivity contribution in [1.29, 1.82) is 5.26 Å². The fourth-order valence-electron chi connectivity index (χ4n) is 2.54. The molecule has 0 aromatic heterocycles. The summed E-state index contributed by atoms with van der Waals surface area (Å²) in [6.45, 7) is 2.17. The zero-order valence-corrected chi connectivity index (χ0v) is 11.1. The first kappa shape index (κ1) is 12.2. The minimum Gasteiger partial charge on any atom is -0.329 e. The van der Waals surface area contributed by atoms with Gasteiger partial charge < -0.3 is 10.2 Å². The maximum Gasteiger partial charge on any atom is 0.244 e. The van der Waals surface area contributed by atoms with Crippen LogP contribution >= 0.6 is 0 Å². The minimum absolute atomic E-state index is 0.0733. The molecule has 0 saturated heterocycles. The fraction of sp³-hybridized carbons (Fsp3) is 0.125. The van der Waals surface area contributed by atoms with Gasteiger partial charge in [0.1, 0.15) is 12.6 Å². The Bertz CT molecular complexity index is 731. The molecule has 2 aromatic carbocycles. The first-order chi connectivity index (χ1) is 9.70. The summed E-state index contributed by atoms with van der Waals surface area (Å²) >= 11 is 0. The molecule has 98 valence electrons. The number of carbonyl (C=O) groups is 1. The van der Waals surface area contributed by atoms with E-state index in [1.165, 1.54) is 0 Å². The zero-order valence-electron chi connectivity index (χ0n) is 11.1. The molecule has 1 aliphatic heterocycles. The zero-order chi connectivity index (χ0) is 14.1. The minimum atomic E-state index is -0.0733. The molecule has 0 fully saturated rings. The van der Waals surface area contributed by atoms with Gasteiger partial charge in [-0.15, -0.1) is 0 Å². The van der Waals surface area contributed by atoms with Crippen molar-refractivity contribution in [1.82, 2.24) is 0 Å². The normalized spacial score (nSPS) is 13.4. The Morgan fingerprint density at radius 2 is 2.00 bits per heavy atom. The molecule has 4 heteroatoms. The lowest BCUT2D eigenvalue weighted by Gasteiger charge is -2.32. The van der Waals surface area contributed by atoms with Crippen molar-refractivity contribution in [3.63, 3.8) is 0 Å². The second kappa shape index (κ2) is 4.71. The molecule has 1 amide bonds. The Morgan fingerprint density at radius 3 is 2.80 bits per heavy atom. The molecule has 1 heterocycles. The van der Waals surface area contributed by atoms with E-state index in [0.717, 1.165) is 22.6 Å². The number of rotatable bonds is 1. The van der Waals surface area contributed by atoms with Crippen molar-refractivity contribution in [2.24, 2.45) is 0 Å². The molecule has 20 heavy (non-hydrogen) atoms. The second-order valence-electron chi connectivity index (χ2n) is 4.73. The highest BCUT2D eigenvalue weighted by Gasteiger charge is 2.25. The van der Waals surface area contributed by atoms with E-state index in [4.69, 9.17) is 0 Å². The lowest BCUT2D eigenvalue weighted by molar-refractivity contribution is -0.115. The van der Waals surface area contributed by atoms with Gasteiger partial charge in [-0.05, 0) is 30.7 Å². The topological polar surface area (TPSA) is 56.1 Å². The van der Waals surface area contributed by atoms with Crippen LogP contribution in [0.1, 0.15) is 11.1 Å². The van der Waals surface area contributed by atoms with Crippen molar-refractivity contribution in [2.75, 3.05) is 16.8 Å². The third-order valence-electron chi connectivity index (χ3n) is 3.40. The van der Waals surface area contributed by atoms with Crippen molar-refractivity contribution < 1.29 is 4.79 Å². The molecule has 1 N–H and O–H groups in total. The highest BCUT2D eigenvalue weighted by molar-refractivity contribution is 6.03. The van der Waals surface area contributed by atoms with E-state index in [2.05, 4.69) is 11.4 Å². The Morgan fingerprint density at radius 1 is 1.20 bits per heavy atom. The number of fused-ring (bicyclic) bond motifs is 1. The monoisotopic (exact) mass is 263 g/mol.